The van der Waals surface area contributed by atoms with E-state index in [1.807, 2.05) is 11.8 Å². The van der Waals surface area contributed by atoms with Crippen LogP contribution in [0, 0.1) is 12.7 Å². The highest BCUT2D eigenvalue weighted by Gasteiger charge is 2.32. The third kappa shape index (κ3) is 2.88. The maximum atomic E-state index is 14.0. The number of benzene rings is 1. The van der Waals surface area contributed by atoms with Crippen LogP contribution in [-0.2, 0) is 6.42 Å². The lowest BCUT2D eigenvalue weighted by molar-refractivity contribution is 0.0740. The number of carbonyl (C=O) groups excluding carboxylic acids is 1. The Kier molecular flexibility index (Phi) is 4.45. The van der Waals surface area contributed by atoms with Crippen molar-refractivity contribution in [1.29, 1.82) is 0 Å². The van der Waals surface area contributed by atoms with Crippen LogP contribution in [0.2, 0.25) is 5.02 Å². The maximum absolute atomic E-state index is 14.0. The number of thiazole rings is 1. The Bertz CT molecular complexity index is 683. The number of aryl methyl sites for hydroxylation is 1. The highest BCUT2D eigenvalue weighted by Crippen LogP contribution is 2.28. The van der Waals surface area contributed by atoms with Crippen LogP contribution in [0.5, 0.6) is 0 Å². The lowest BCUT2D eigenvalue weighted by Gasteiger charge is -2.25. The number of hydrogen-bond acceptors (Lipinski definition) is 3. The van der Waals surface area contributed by atoms with Gasteiger partial charge in [0.05, 0.1) is 11.2 Å². The molecule has 1 atom stereocenters. The first kappa shape index (κ1) is 15.4. The fourth-order valence-electron chi connectivity index (χ4n) is 2.92. The molecule has 0 bridgehead atoms. The molecule has 1 saturated heterocycles. The molecule has 6 heteroatoms. The standard InChI is InChI=1S/C16H16ClFN2OS/c1-10-15(22-9-19-10)16(21)20-7-3-4-11(20)8-12-13(17)5-2-6-14(12)18/h2,5-6,9,11H,3-4,7-8H2,1H3. The summed E-state index contributed by atoms with van der Waals surface area (Å²) >= 11 is 7.47. The van der Waals surface area contributed by atoms with E-state index in [9.17, 15) is 9.18 Å². The highest BCUT2D eigenvalue weighted by molar-refractivity contribution is 7.11. The molecule has 1 aliphatic rings. The van der Waals surface area contributed by atoms with Crippen molar-refractivity contribution in [3.63, 3.8) is 0 Å². The minimum atomic E-state index is -0.305. The van der Waals surface area contributed by atoms with Crippen LogP contribution >= 0.6 is 22.9 Å². The molecule has 1 amide bonds. The Balaban J connectivity index is 1.82. The topological polar surface area (TPSA) is 33.2 Å². The molecule has 116 valence electrons. The number of aromatic nitrogens is 1. The molecule has 3 rings (SSSR count). The number of carbonyl (C=O) groups is 1. The largest absolute Gasteiger partial charge is 0.335 e. The summed E-state index contributed by atoms with van der Waals surface area (Å²) in [4.78, 5) is 19.3. The predicted octanol–water partition coefficient (Wildman–Crippen LogP) is 4.09. The van der Waals surface area contributed by atoms with Crippen molar-refractivity contribution in [2.45, 2.75) is 32.2 Å². The van der Waals surface area contributed by atoms with Gasteiger partial charge in [-0.05, 0) is 38.3 Å². The fourth-order valence-corrected chi connectivity index (χ4v) is 3.91. The third-order valence-corrected chi connectivity index (χ3v) is 5.35. The van der Waals surface area contributed by atoms with E-state index in [0.29, 0.717) is 28.4 Å². The average molecular weight is 339 g/mol. The van der Waals surface area contributed by atoms with Crippen LogP contribution in [0.3, 0.4) is 0 Å². The van der Waals surface area contributed by atoms with E-state index in [4.69, 9.17) is 11.6 Å². The minimum absolute atomic E-state index is 0.00467. The van der Waals surface area contributed by atoms with E-state index < -0.39 is 0 Å². The fraction of sp³-hybridized carbons (Fsp3) is 0.375. The van der Waals surface area contributed by atoms with E-state index in [1.165, 1.54) is 17.4 Å². The van der Waals surface area contributed by atoms with Crippen LogP contribution < -0.4 is 0 Å². The molecule has 0 saturated carbocycles. The molecular formula is C16H16ClFN2OS. The molecule has 3 nitrogen and oxygen atoms in total. The van der Waals surface area contributed by atoms with Gasteiger partial charge in [0.15, 0.2) is 0 Å². The number of nitrogens with zero attached hydrogens (tertiary/aromatic N) is 2. The van der Waals surface area contributed by atoms with E-state index in [2.05, 4.69) is 4.98 Å². The zero-order valence-electron chi connectivity index (χ0n) is 12.2. The van der Waals surface area contributed by atoms with Gasteiger partial charge in [0, 0.05) is 23.2 Å². The Morgan fingerprint density at radius 3 is 3.05 bits per heavy atom. The highest BCUT2D eigenvalue weighted by atomic mass is 35.5. The first-order valence-corrected chi connectivity index (χ1v) is 8.47. The summed E-state index contributed by atoms with van der Waals surface area (Å²) in [7, 11) is 0. The molecule has 1 aromatic carbocycles. The molecule has 1 fully saturated rings. The van der Waals surface area contributed by atoms with Crippen LogP contribution in [0.25, 0.3) is 0 Å². The lowest BCUT2D eigenvalue weighted by atomic mass is 10.0. The van der Waals surface area contributed by atoms with Crippen LogP contribution in [-0.4, -0.2) is 28.4 Å². The summed E-state index contributed by atoms with van der Waals surface area (Å²) in [6.45, 7) is 2.54. The monoisotopic (exact) mass is 338 g/mol. The number of hydrogen-bond donors (Lipinski definition) is 0. The normalized spacial score (nSPS) is 18.0. The second-order valence-electron chi connectivity index (χ2n) is 5.47. The van der Waals surface area contributed by atoms with Gasteiger partial charge in [-0.1, -0.05) is 17.7 Å². The average Bonchev–Trinajstić information content (AvgIpc) is 3.11. The smallest absolute Gasteiger partial charge is 0.266 e. The lowest BCUT2D eigenvalue weighted by Crippen LogP contribution is -2.37. The summed E-state index contributed by atoms with van der Waals surface area (Å²) in [6.07, 6.45) is 2.25. The minimum Gasteiger partial charge on any atom is -0.335 e. The summed E-state index contributed by atoms with van der Waals surface area (Å²) in [6, 6.07) is 4.69. The van der Waals surface area contributed by atoms with E-state index >= 15 is 0 Å². The van der Waals surface area contributed by atoms with Crippen molar-refractivity contribution in [3.8, 4) is 0 Å². The Labute approximate surface area is 137 Å². The van der Waals surface area contributed by atoms with Crippen LogP contribution in [0.4, 0.5) is 4.39 Å². The zero-order valence-corrected chi connectivity index (χ0v) is 13.8. The van der Waals surface area contributed by atoms with Gasteiger partial charge in [-0.2, -0.15) is 0 Å². The van der Waals surface area contributed by atoms with E-state index in [-0.39, 0.29) is 17.8 Å². The molecule has 1 unspecified atom stereocenters. The zero-order chi connectivity index (χ0) is 15.7. The Morgan fingerprint density at radius 2 is 2.36 bits per heavy atom. The maximum Gasteiger partial charge on any atom is 0.266 e. The predicted molar refractivity (Wildman–Crippen MR) is 86.0 cm³/mol. The Hall–Kier alpha value is -1.46. The molecule has 1 aromatic heterocycles. The first-order valence-electron chi connectivity index (χ1n) is 7.22. The summed E-state index contributed by atoms with van der Waals surface area (Å²) < 4.78 is 14.0. The van der Waals surface area contributed by atoms with Crippen molar-refractivity contribution >= 4 is 28.8 Å². The van der Waals surface area contributed by atoms with Gasteiger partial charge >= 0.3 is 0 Å². The van der Waals surface area contributed by atoms with Gasteiger partial charge < -0.3 is 4.90 Å². The summed E-state index contributed by atoms with van der Waals surface area (Å²) in [5.41, 5.74) is 2.93. The summed E-state index contributed by atoms with van der Waals surface area (Å²) in [5, 5.41) is 0.424. The molecule has 0 spiro atoms. The second-order valence-corrected chi connectivity index (χ2v) is 6.73. The number of rotatable bonds is 3. The third-order valence-electron chi connectivity index (χ3n) is 4.08. The van der Waals surface area contributed by atoms with E-state index in [1.54, 1.807) is 17.6 Å². The Morgan fingerprint density at radius 1 is 1.55 bits per heavy atom. The molecular weight excluding hydrogens is 323 g/mol. The molecule has 0 aliphatic carbocycles. The molecule has 0 N–H and O–H groups in total. The number of amides is 1. The van der Waals surface area contributed by atoms with Crippen molar-refractivity contribution in [2.75, 3.05) is 6.54 Å². The van der Waals surface area contributed by atoms with Crippen molar-refractivity contribution in [3.05, 3.63) is 50.7 Å². The molecule has 2 aromatic rings. The number of halogens is 2. The van der Waals surface area contributed by atoms with Gasteiger partial charge in [-0.3, -0.25) is 4.79 Å². The van der Waals surface area contributed by atoms with Crippen molar-refractivity contribution in [1.82, 2.24) is 9.88 Å². The molecule has 1 aliphatic heterocycles. The second kappa shape index (κ2) is 6.34. The van der Waals surface area contributed by atoms with Gasteiger partial charge in [-0.25, -0.2) is 9.37 Å². The summed E-state index contributed by atoms with van der Waals surface area (Å²) in [5.74, 6) is -0.310. The number of likely N-dealkylation sites (tertiary alicyclic amines) is 1. The van der Waals surface area contributed by atoms with Crippen molar-refractivity contribution < 1.29 is 9.18 Å². The SMILES string of the molecule is Cc1ncsc1C(=O)N1CCCC1Cc1c(F)cccc1Cl. The molecule has 22 heavy (non-hydrogen) atoms. The van der Waals surface area contributed by atoms with Gasteiger partial charge in [0.2, 0.25) is 0 Å². The molecule has 2 heterocycles. The van der Waals surface area contributed by atoms with Gasteiger partial charge in [0.25, 0.3) is 5.91 Å². The first-order chi connectivity index (χ1) is 10.6. The molecule has 0 radical (unpaired) electrons. The van der Waals surface area contributed by atoms with Crippen LogP contribution in [0.1, 0.15) is 33.8 Å². The van der Waals surface area contributed by atoms with Crippen LogP contribution in [0.15, 0.2) is 23.7 Å². The van der Waals surface area contributed by atoms with Gasteiger partial charge in [0.1, 0.15) is 10.7 Å². The van der Waals surface area contributed by atoms with E-state index in [0.717, 1.165) is 18.5 Å². The quantitative estimate of drug-likeness (QED) is 0.844. The van der Waals surface area contributed by atoms with Gasteiger partial charge in [-0.15, -0.1) is 11.3 Å². The van der Waals surface area contributed by atoms with Crippen molar-refractivity contribution in [2.24, 2.45) is 0 Å².